The Hall–Kier alpha value is -0.790. The number of nitrogens with two attached hydrogens (primary N) is 1. The van der Waals surface area contributed by atoms with Gasteiger partial charge in [0.1, 0.15) is 6.54 Å². The van der Waals surface area contributed by atoms with E-state index in [2.05, 4.69) is 29.1 Å². The number of guanidine groups is 1. The summed E-state index contributed by atoms with van der Waals surface area (Å²) in [4.78, 5) is 15.1. The van der Waals surface area contributed by atoms with Gasteiger partial charge in [-0.05, 0) is 6.42 Å². The van der Waals surface area contributed by atoms with Gasteiger partial charge in [-0.15, -0.1) is 30.6 Å². The van der Waals surface area contributed by atoms with Crippen molar-refractivity contribution in [2.75, 3.05) is 19.6 Å². The van der Waals surface area contributed by atoms with Crippen molar-refractivity contribution in [3.05, 3.63) is 12.7 Å². The molecule has 0 radical (unpaired) electrons. The molecule has 0 fully saturated rings. The predicted molar refractivity (Wildman–Crippen MR) is 87.3 cm³/mol. The smallest absolute Gasteiger partial charge is 0.242 e. The van der Waals surface area contributed by atoms with E-state index in [0.717, 1.165) is 13.0 Å². The molecule has 6 heteroatoms. The molecule has 0 unspecified atom stereocenters. The van der Waals surface area contributed by atoms with Crippen molar-refractivity contribution in [1.29, 1.82) is 0 Å². The van der Waals surface area contributed by atoms with Crippen molar-refractivity contribution in [3.8, 4) is 0 Å². The topological polar surface area (TPSA) is 79.5 Å². The summed E-state index contributed by atoms with van der Waals surface area (Å²) < 4.78 is 0. The molecule has 0 saturated carbocycles. The van der Waals surface area contributed by atoms with Crippen molar-refractivity contribution < 1.29 is 4.79 Å². The first-order valence-corrected chi connectivity index (χ1v) is 6.12. The molecule has 0 saturated heterocycles. The number of rotatable bonds is 9. The van der Waals surface area contributed by atoms with Crippen LogP contribution in [0.3, 0.4) is 0 Å². The van der Waals surface area contributed by atoms with Crippen LogP contribution in [0.25, 0.3) is 0 Å². The molecule has 5 nitrogen and oxygen atoms in total. The molecule has 4 N–H and O–H groups in total. The van der Waals surface area contributed by atoms with E-state index >= 15 is 0 Å². The van der Waals surface area contributed by atoms with Gasteiger partial charge in [-0.25, -0.2) is 4.99 Å². The van der Waals surface area contributed by atoms with Gasteiger partial charge >= 0.3 is 0 Å². The van der Waals surface area contributed by atoms with Crippen LogP contribution < -0.4 is 16.4 Å². The highest BCUT2D eigenvalue weighted by Crippen LogP contribution is 1.96. The number of carbonyl (C=O) groups excluding carboxylic acids is 1. The van der Waals surface area contributed by atoms with Crippen LogP contribution >= 0.6 is 24.0 Å². The first-order valence-electron chi connectivity index (χ1n) is 6.12. The van der Waals surface area contributed by atoms with E-state index in [1.807, 2.05) is 0 Å². The second kappa shape index (κ2) is 14.3. The van der Waals surface area contributed by atoms with Gasteiger partial charge in [0.25, 0.3) is 0 Å². The molecule has 0 aromatic heterocycles. The summed E-state index contributed by atoms with van der Waals surface area (Å²) in [5.74, 6) is 0.177. The maximum Gasteiger partial charge on any atom is 0.242 e. The van der Waals surface area contributed by atoms with E-state index in [1.54, 1.807) is 6.08 Å². The standard InChI is InChI=1S/C12H24N4O.HI/c1-3-5-6-7-9-15-12(13)16-10-11(17)14-8-4-2;/h4H,2-3,5-10H2,1H3,(H,14,17)(H3,13,15,16);1H. The van der Waals surface area contributed by atoms with Crippen LogP contribution in [0, 0.1) is 0 Å². The van der Waals surface area contributed by atoms with E-state index < -0.39 is 0 Å². The average molecular weight is 368 g/mol. The number of nitrogens with one attached hydrogen (secondary N) is 2. The molecule has 0 aromatic rings. The van der Waals surface area contributed by atoms with Crippen LogP contribution in [0.15, 0.2) is 17.6 Å². The molecule has 0 aliphatic heterocycles. The van der Waals surface area contributed by atoms with Crippen LogP contribution in [-0.4, -0.2) is 31.5 Å². The Bertz CT molecular complexity index is 256. The van der Waals surface area contributed by atoms with Crippen molar-refractivity contribution >= 4 is 35.8 Å². The monoisotopic (exact) mass is 368 g/mol. The van der Waals surface area contributed by atoms with E-state index in [-0.39, 0.29) is 36.4 Å². The van der Waals surface area contributed by atoms with Gasteiger partial charge in [0.05, 0.1) is 0 Å². The quantitative estimate of drug-likeness (QED) is 0.189. The second-order valence-electron chi connectivity index (χ2n) is 3.78. The van der Waals surface area contributed by atoms with E-state index in [4.69, 9.17) is 5.73 Å². The number of aliphatic imine (C=N–C) groups is 1. The van der Waals surface area contributed by atoms with Crippen LogP contribution in [-0.2, 0) is 4.79 Å². The highest BCUT2D eigenvalue weighted by atomic mass is 127. The zero-order valence-corrected chi connectivity index (χ0v) is 13.4. The Labute approximate surface area is 127 Å². The number of unbranched alkanes of at least 4 members (excludes halogenated alkanes) is 3. The minimum Gasteiger partial charge on any atom is -0.370 e. The minimum atomic E-state index is -0.152. The van der Waals surface area contributed by atoms with E-state index in [0.29, 0.717) is 12.5 Å². The summed E-state index contributed by atoms with van der Waals surface area (Å²) in [5, 5.41) is 5.60. The average Bonchev–Trinajstić information content (AvgIpc) is 2.33. The number of amides is 1. The van der Waals surface area contributed by atoms with Crippen LogP contribution in [0.1, 0.15) is 32.6 Å². The Morgan fingerprint density at radius 2 is 2.06 bits per heavy atom. The summed E-state index contributed by atoms with van der Waals surface area (Å²) in [6, 6.07) is 0. The van der Waals surface area contributed by atoms with Gasteiger partial charge in [-0.3, -0.25) is 4.79 Å². The number of hydrogen-bond donors (Lipinski definition) is 3. The second-order valence-corrected chi connectivity index (χ2v) is 3.78. The minimum absolute atomic E-state index is 0. The van der Waals surface area contributed by atoms with Crippen LogP contribution in [0.4, 0.5) is 0 Å². The fourth-order valence-corrected chi connectivity index (χ4v) is 1.22. The Morgan fingerprint density at radius 1 is 1.33 bits per heavy atom. The summed E-state index contributed by atoms with van der Waals surface area (Å²) in [6.45, 7) is 7.00. The number of hydrogen-bond acceptors (Lipinski definition) is 2. The number of nitrogens with zero attached hydrogens (tertiary/aromatic N) is 1. The Kier molecular flexibility index (Phi) is 15.5. The normalized spacial score (nSPS) is 10.4. The molecule has 0 aromatic carbocycles. The Balaban J connectivity index is 0. The Morgan fingerprint density at radius 3 is 2.67 bits per heavy atom. The van der Waals surface area contributed by atoms with Gasteiger partial charge in [0.2, 0.25) is 5.91 Å². The summed E-state index contributed by atoms with van der Waals surface area (Å²) in [5.41, 5.74) is 5.60. The first kappa shape index (κ1) is 19.5. The fourth-order valence-electron chi connectivity index (χ4n) is 1.22. The third-order valence-electron chi connectivity index (χ3n) is 2.17. The van der Waals surface area contributed by atoms with Crippen molar-refractivity contribution in [3.63, 3.8) is 0 Å². The fraction of sp³-hybridized carbons (Fsp3) is 0.667. The van der Waals surface area contributed by atoms with Crippen LogP contribution in [0.2, 0.25) is 0 Å². The lowest BCUT2D eigenvalue weighted by Gasteiger charge is -2.05. The molecular formula is C12H25IN4O. The summed E-state index contributed by atoms with van der Waals surface area (Å²) in [7, 11) is 0. The van der Waals surface area contributed by atoms with Crippen LogP contribution in [0.5, 0.6) is 0 Å². The SMILES string of the molecule is C=CCNC(=O)CN=C(N)NCCCCCC.I. The molecule has 106 valence electrons. The lowest BCUT2D eigenvalue weighted by atomic mass is 10.2. The summed E-state index contributed by atoms with van der Waals surface area (Å²) >= 11 is 0. The summed E-state index contributed by atoms with van der Waals surface area (Å²) in [6.07, 6.45) is 6.34. The van der Waals surface area contributed by atoms with E-state index in [9.17, 15) is 4.79 Å². The molecule has 0 atom stereocenters. The van der Waals surface area contributed by atoms with Gasteiger partial charge in [0, 0.05) is 13.1 Å². The molecule has 0 bridgehead atoms. The molecule has 0 aliphatic rings. The van der Waals surface area contributed by atoms with E-state index in [1.165, 1.54) is 19.3 Å². The maximum atomic E-state index is 11.2. The van der Waals surface area contributed by atoms with Gasteiger partial charge < -0.3 is 16.4 Å². The molecule has 18 heavy (non-hydrogen) atoms. The molecule has 1 amide bonds. The zero-order valence-electron chi connectivity index (χ0n) is 11.1. The molecule has 0 heterocycles. The highest BCUT2D eigenvalue weighted by Gasteiger charge is 1.97. The number of halogens is 1. The van der Waals surface area contributed by atoms with Gasteiger partial charge in [-0.1, -0.05) is 32.3 Å². The van der Waals surface area contributed by atoms with Gasteiger partial charge in [-0.2, -0.15) is 0 Å². The largest absolute Gasteiger partial charge is 0.370 e. The number of carbonyl (C=O) groups is 1. The third kappa shape index (κ3) is 13.3. The predicted octanol–water partition coefficient (Wildman–Crippen LogP) is 1.39. The third-order valence-corrected chi connectivity index (χ3v) is 2.17. The zero-order chi connectivity index (χ0) is 12.9. The molecule has 0 spiro atoms. The molecular weight excluding hydrogens is 343 g/mol. The lowest BCUT2D eigenvalue weighted by Crippen LogP contribution is -2.34. The molecule has 0 rings (SSSR count). The van der Waals surface area contributed by atoms with Crippen molar-refractivity contribution in [1.82, 2.24) is 10.6 Å². The first-order chi connectivity index (χ1) is 8.20. The molecule has 0 aliphatic carbocycles. The lowest BCUT2D eigenvalue weighted by molar-refractivity contribution is -0.119. The van der Waals surface area contributed by atoms with Gasteiger partial charge in [0.15, 0.2) is 5.96 Å². The maximum absolute atomic E-state index is 11.2. The highest BCUT2D eigenvalue weighted by molar-refractivity contribution is 14.0. The van der Waals surface area contributed by atoms with Crippen molar-refractivity contribution in [2.45, 2.75) is 32.6 Å². The van der Waals surface area contributed by atoms with Crippen molar-refractivity contribution in [2.24, 2.45) is 10.7 Å².